The first-order valence-electron chi connectivity index (χ1n) is 6.38. The summed E-state index contributed by atoms with van der Waals surface area (Å²) >= 11 is 0. The van der Waals surface area contributed by atoms with Gasteiger partial charge in [0.2, 0.25) is 0 Å². The molecule has 7 nitrogen and oxygen atoms in total. The largest absolute Gasteiger partial charge is 0.332 e. The van der Waals surface area contributed by atoms with E-state index >= 15 is 0 Å². The zero-order chi connectivity index (χ0) is 14.2. The van der Waals surface area contributed by atoms with Crippen molar-refractivity contribution in [1.29, 1.82) is 0 Å². The first-order valence-corrected chi connectivity index (χ1v) is 6.38. The topological polar surface area (TPSA) is 87.8 Å². The van der Waals surface area contributed by atoms with Gasteiger partial charge in [0.25, 0.3) is 5.56 Å². The van der Waals surface area contributed by atoms with Crippen LogP contribution in [-0.2, 0) is 27.1 Å². The molecule has 0 bridgehead atoms. The predicted molar refractivity (Wildman–Crippen MR) is 73.3 cm³/mol. The van der Waals surface area contributed by atoms with Crippen molar-refractivity contribution in [2.45, 2.75) is 26.3 Å². The van der Waals surface area contributed by atoms with Crippen molar-refractivity contribution < 1.29 is 0 Å². The van der Waals surface area contributed by atoms with Gasteiger partial charge >= 0.3 is 5.69 Å². The second kappa shape index (κ2) is 5.00. The van der Waals surface area contributed by atoms with Gasteiger partial charge in [0.1, 0.15) is 5.82 Å². The maximum atomic E-state index is 12.4. The average molecular weight is 265 g/mol. The van der Waals surface area contributed by atoms with E-state index in [0.29, 0.717) is 11.2 Å². The van der Waals surface area contributed by atoms with E-state index < -0.39 is 0 Å². The highest BCUT2D eigenvalue weighted by molar-refractivity contribution is 5.70. The van der Waals surface area contributed by atoms with Crippen molar-refractivity contribution in [3.05, 3.63) is 26.7 Å². The molecule has 19 heavy (non-hydrogen) atoms. The first kappa shape index (κ1) is 13.5. The minimum Gasteiger partial charge on any atom is -0.329 e. The molecule has 0 aliphatic rings. The highest BCUT2D eigenvalue weighted by Crippen LogP contribution is 2.10. The molecule has 2 rings (SSSR count). The molecule has 2 aromatic rings. The fourth-order valence-corrected chi connectivity index (χ4v) is 2.26. The molecule has 0 aromatic carbocycles. The van der Waals surface area contributed by atoms with Gasteiger partial charge in [0, 0.05) is 33.6 Å². The summed E-state index contributed by atoms with van der Waals surface area (Å²) < 4.78 is 4.35. The predicted octanol–water partition coefficient (Wildman–Crippen LogP) is -0.655. The molecular weight excluding hydrogens is 246 g/mol. The van der Waals surface area contributed by atoms with Crippen LogP contribution in [0.3, 0.4) is 0 Å². The Morgan fingerprint density at radius 3 is 2.47 bits per heavy atom. The van der Waals surface area contributed by atoms with Crippen LogP contribution in [-0.4, -0.2) is 25.2 Å². The van der Waals surface area contributed by atoms with E-state index in [0.717, 1.165) is 18.7 Å². The number of aromatic nitrogens is 4. The Morgan fingerprint density at radius 2 is 1.89 bits per heavy atom. The van der Waals surface area contributed by atoms with Gasteiger partial charge < -0.3 is 10.3 Å². The van der Waals surface area contributed by atoms with E-state index in [1.807, 2.05) is 6.92 Å². The molecule has 0 aliphatic heterocycles. The quantitative estimate of drug-likeness (QED) is 0.795. The van der Waals surface area contributed by atoms with Crippen LogP contribution in [0, 0.1) is 0 Å². The monoisotopic (exact) mass is 265 g/mol. The number of hydrogen-bond acceptors (Lipinski definition) is 4. The van der Waals surface area contributed by atoms with E-state index in [4.69, 9.17) is 5.73 Å². The van der Waals surface area contributed by atoms with Gasteiger partial charge in [-0.05, 0) is 6.42 Å². The first-order chi connectivity index (χ1) is 9.02. The van der Waals surface area contributed by atoms with Crippen molar-refractivity contribution in [2.24, 2.45) is 19.8 Å². The fraction of sp³-hybridized carbons (Fsp3) is 0.583. The zero-order valence-corrected chi connectivity index (χ0v) is 11.5. The van der Waals surface area contributed by atoms with Crippen LogP contribution >= 0.6 is 0 Å². The SMILES string of the molecule is CCCc1nc2c(c(=O)n(CCN)c(=O)n2C)n1C. The molecule has 0 unspecified atom stereocenters. The Bertz CT molecular complexity index is 722. The molecule has 0 radical (unpaired) electrons. The molecule has 2 N–H and O–H groups in total. The lowest BCUT2D eigenvalue weighted by molar-refractivity contribution is 0.609. The van der Waals surface area contributed by atoms with E-state index in [1.165, 1.54) is 9.13 Å². The minimum atomic E-state index is -0.371. The van der Waals surface area contributed by atoms with Gasteiger partial charge in [0.05, 0.1) is 0 Å². The number of aryl methyl sites for hydroxylation is 3. The molecule has 0 amide bonds. The lowest BCUT2D eigenvalue weighted by Crippen LogP contribution is -2.41. The Morgan fingerprint density at radius 1 is 1.21 bits per heavy atom. The number of rotatable bonds is 4. The van der Waals surface area contributed by atoms with Gasteiger partial charge in [0.15, 0.2) is 11.2 Å². The summed E-state index contributed by atoms with van der Waals surface area (Å²) in [6.07, 6.45) is 1.71. The summed E-state index contributed by atoms with van der Waals surface area (Å²) in [6.45, 7) is 2.52. The molecule has 104 valence electrons. The number of fused-ring (bicyclic) bond motifs is 1. The van der Waals surface area contributed by atoms with Crippen LogP contribution in [0.2, 0.25) is 0 Å². The number of nitrogens with two attached hydrogens (primary N) is 1. The summed E-state index contributed by atoms with van der Waals surface area (Å²) in [7, 11) is 3.43. The third-order valence-electron chi connectivity index (χ3n) is 3.28. The lowest BCUT2D eigenvalue weighted by atomic mass is 10.3. The molecule has 2 heterocycles. The third kappa shape index (κ3) is 1.99. The highest BCUT2D eigenvalue weighted by Gasteiger charge is 2.17. The zero-order valence-electron chi connectivity index (χ0n) is 11.5. The fourth-order valence-electron chi connectivity index (χ4n) is 2.26. The normalized spacial score (nSPS) is 11.4. The summed E-state index contributed by atoms with van der Waals surface area (Å²) in [5.74, 6) is 0.815. The maximum absolute atomic E-state index is 12.4. The second-order valence-corrected chi connectivity index (χ2v) is 4.60. The van der Waals surface area contributed by atoms with Crippen molar-refractivity contribution in [3.8, 4) is 0 Å². The van der Waals surface area contributed by atoms with Crippen molar-refractivity contribution >= 4 is 11.2 Å². The Labute approximate surface area is 110 Å². The van der Waals surface area contributed by atoms with E-state index in [1.54, 1.807) is 18.7 Å². The van der Waals surface area contributed by atoms with Crippen molar-refractivity contribution in [2.75, 3.05) is 6.54 Å². The third-order valence-corrected chi connectivity index (χ3v) is 3.28. The van der Waals surface area contributed by atoms with Crippen LogP contribution in [0.4, 0.5) is 0 Å². The molecule has 2 aromatic heterocycles. The molecule has 0 atom stereocenters. The van der Waals surface area contributed by atoms with Crippen LogP contribution in [0.5, 0.6) is 0 Å². The molecule has 0 fully saturated rings. The molecular formula is C12H19N5O2. The number of hydrogen-bond donors (Lipinski definition) is 1. The summed E-state index contributed by atoms with van der Waals surface area (Å²) in [4.78, 5) is 28.9. The molecule has 0 saturated carbocycles. The Hall–Kier alpha value is -1.89. The molecule has 0 saturated heterocycles. The summed E-state index contributed by atoms with van der Waals surface area (Å²) in [6, 6.07) is 0. The van der Waals surface area contributed by atoms with E-state index in [-0.39, 0.29) is 24.3 Å². The Kier molecular flexibility index (Phi) is 3.57. The molecule has 0 spiro atoms. The molecule has 7 heteroatoms. The van der Waals surface area contributed by atoms with Gasteiger partial charge in [-0.25, -0.2) is 9.78 Å². The van der Waals surface area contributed by atoms with Gasteiger partial charge in [-0.15, -0.1) is 0 Å². The van der Waals surface area contributed by atoms with Gasteiger partial charge in [-0.2, -0.15) is 0 Å². The summed E-state index contributed by atoms with van der Waals surface area (Å²) in [5.41, 5.74) is 5.66. The maximum Gasteiger partial charge on any atom is 0.332 e. The van der Waals surface area contributed by atoms with E-state index in [9.17, 15) is 9.59 Å². The molecule has 0 aliphatic carbocycles. The number of nitrogens with zero attached hydrogens (tertiary/aromatic N) is 4. The Balaban J connectivity index is 2.87. The summed E-state index contributed by atoms with van der Waals surface area (Å²) in [5, 5.41) is 0. The highest BCUT2D eigenvalue weighted by atomic mass is 16.2. The van der Waals surface area contributed by atoms with Gasteiger partial charge in [-0.1, -0.05) is 6.92 Å². The minimum absolute atomic E-state index is 0.218. The van der Waals surface area contributed by atoms with Crippen LogP contribution in [0.15, 0.2) is 9.59 Å². The van der Waals surface area contributed by atoms with Crippen molar-refractivity contribution in [3.63, 3.8) is 0 Å². The van der Waals surface area contributed by atoms with Crippen LogP contribution < -0.4 is 17.0 Å². The van der Waals surface area contributed by atoms with E-state index in [2.05, 4.69) is 4.98 Å². The van der Waals surface area contributed by atoms with Crippen LogP contribution in [0.1, 0.15) is 19.2 Å². The second-order valence-electron chi connectivity index (χ2n) is 4.60. The average Bonchev–Trinajstić information content (AvgIpc) is 2.71. The number of imidazole rings is 1. The van der Waals surface area contributed by atoms with Crippen molar-refractivity contribution in [1.82, 2.24) is 18.7 Å². The standard InChI is InChI=1S/C12H19N5O2/c1-4-5-8-14-10-9(15(8)2)11(18)17(7-6-13)12(19)16(10)3/h4-7,13H2,1-3H3. The smallest absolute Gasteiger partial charge is 0.329 e. The van der Waals surface area contributed by atoms with Gasteiger partial charge in [-0.3, -0.25) is 13.9 Å². The lowest BCUT2D eigenvalue weighted by Gasteiger charge is -2.07. The van der Waals surface area contributed by atoms with Crippen LogP contribution in [0.25, 0.3) is 11.2 Å².